The third-order valence-corrected chi connectivity index (χ3v) is 4.17. The first-order valence-electron chi connectivity index (χ1n) is 7.34. The number of nitrogens with zero attached hydrogens (tertiary/aromatic N) is 1. The second kappa shape index (κ2) is 6.06. The summed E-state index contributed by atoms with van der Waals surface area (Å²) in [7, 11) is 2.17. The molecule has 1 aliphatic heterocycles. The summed E-state index contributed by atoms with van der Waals surface area (Å²) in [6, 6.07) is 12.3. The third kappa shape index (κ3) is 3.11. The number of rotatable bonds is 3. The molecule has 4 heteroatoms. The first kappa shape index (κ1) is 13.8. The predicted octanol–water partition coefficient (Wildman–Crippen LogP) is 1.22. The lowest BCUT2D eigenvalue weighted by atomic mass is 9.91. The van der Waals surface area contributed by atoms with E-state index >= 15 is 0 Å². The number of nitrogens with one attached hydrogen (secondary N) is 2. The molecule has 1 aliphatic rings. The van der Waals surface area contributed by atoms with Gasteiger partial charge in [-0.25, -0.2) is 0 Å². The number of anilines is 1. The Balaban J connectivity index is 1.73. The fourth-order valence-electron chi connectivity index (χ4n) is 2.99. The number of pyridine rings is 1. The fraction of sp³-hybridized carbons (Fsp3) is 0.294. The van der Waals surface area contributed by atoms with Crippen molar-refractivity contribution in [1.82, 2.24) is 4.98 Å². The van der Waals surface area contributed by atoms with Crippen LogP contribution in [0.15, 0.2) is 48.8 Å². The van der Waals surface area contributed by atoms with E-state index in [0.29, 0.717) is 6.42 Å². The van der Waals surface area contributed by atoms with Gasteiger partial charge in [0.2, 0.25) is 5.91 Å². The number of fused-ring (bicyclic) bond motifs is 1. The Kier molecular flexibility index (Phi) is 3.97. The van der Waals surface area contributed by atoms with Crippen molar-refractivity contribution < 1.29 is 9.69 Å². The van der Waals surface area contributed by atoms with E-state index in [4.69, 9.17) is 0 Å². The largest absolute Gasteiger partial charge is 0.330 e. The molecule has 3 rings (SSSR count). The second-order valence-electron chi connectivity index (χ2n) is 5.59. The molecule has 1 aromatic carbocycles. The van der Waals surface area contributed by atoms with Crippen molar-refractivity contribution in [2.45, 2.75) is 18.9 Å². The van der Waals surface area contributed by atoms with E-state index in [-0.39, 0.29) is 11.9 Å². The zero-order chi connectivity index (χ0) is 14.7. The summed E-state index contributed by atoms with van der Waals surface area (Å²) in [5.41, 5.74) is 3.49. The molecule has 1 aromatic heterocycles. The van der Waals surface area contributed by atoms with Gasteiger partial charge in [0.25, 0.3) is 0 Å². The number of carbonyl (C=O) groups excluding carboxylic acids is 1. The summed E-state index contributed by atoms with van der Waals surface area (Å²) in [5.74, 6) is 0.0576. The molecule has 0 fully saturated rings. The molecule has 2 N–H and O–H groups in total. The molecular formula is C17H20N3O+. The average Bonchev–Trinajstić information content (AvgIpc) is 2.51. The van der Waals surface area contributed by atoms with Crippen LogP contribution >= 0.6 is 0 Å². The smallest absolute Gasteiger partial charge is 0.230 e. The molecule has 4 nitrogen and oxygen atoms in total. The number of carbonyl (C=O) groups is 1. The highest BCUT2D eigenvalue weighted by atomic mass is 16.1. The molecular weight excluding hydrogens is 262 g/mol. The topological polar surface area (TPSA) is 46.4 Å². The second-order valence-corrected chi connectivity index (χ2v) is 5.59. The van der Waals surface area contributed by atoms with Gasteiger partial charge in [-0.2, -0.15) is 0 Å². The first-order valence-corrected chi connectivity index (χ1v) is 7.34. The van der Waals surface area contributed by atoms with E-state index in [1.807, 2.05) is 12.1 Å². The zero-order valence-corrected chi connectivity index (χ0v) is 12.2. The summed E-state index contributed by atoms with van der Waals surface area (Å²) in [5, 5.41) is 2.95. The number of aromatic nitrogens is 1. The Morgan fingerprint density at radius 1 is 1.29 bits per heavy atom. The van der Waals surface area contributed by atoms with E-state index in [0.717, 1.165) is 18.7 Å². The van der Waals surface area contributed by atoms with Gasteiger partial charge in [0.15, 0.2) is 0 Å². The van der Waals surface area contributed by atoms with Crippen molar-refractivity contribution in [2.24, 2.45) is 0 Å². The Morgan fingerprint density at radius 2 is 2.05 bits per heavy atom. The molecule has 1 amide bonds. The lowest BCUT2D eigenvalue weighted by Crippen LogP contribution is -3.10. The predicted molar refractivity (Wildman–Crippen MR) is 82.1 cm³/mol. The van der Waals surface area contributed by atoms with Crippen molar-refractivity contribution >= 4 is 11.6 Å². The van der Waals surface area contributed by atoms with Crippen LogP contribution in [0.3, 0.4) is 0 Å². The summed E-state index contributed by atoms with van der Waals surface area (Å²) >= 11 is 0. The minimum absolute atomic E-state index is 0.0576. The van der Waals surface area contributed by atoms with Crippen LogP contribution in [0.2, 0.25) is 0 Å². The van der Waals surface area contributed by atoms with Gasteiger partial charge < -0.3 is 10.2 Å². The van der Waals surface area contributed by atoms with Gasteiger partial charge in [0.05, 0.1) is 20.0 Å². The first-order chi connectivity index (χ1) is 10.2. The number of benzene rings is 1. The molecule has 0 saturated heterocycles. The van der Waals surface area contributed by atoms with E-state index < -0.39 is 0 Å². The Bertz CT molecular complexity index is 627. The standard InChI is InChI=1S/C17H19N3O/c1-20-11-8-13-4-2-3-5-15(13)16(20)12-17(21)19-14-6-9-18-10-7-14/h2-7,9-10,16H,8,11-12H2,1H3,(H,18,19,21)/p+1/t16-/m0/s1. The molecule has 0 bridgehead atoms. The summed E-state index contributed by atoms with van der Waals surface area (Å²) in [6.45, 7) is 1.07. The minimum Gasteiger partial charge on any atom is -0.330 e. The third-order valence-electron chi connectivity index (χ3n) is 4.17. The van der Waals surface area contributed by atoms with Gasteiger partial charge in [-0.1, -0.05) is 24.3 Å². The van der Waals surface area contributed by atoms with Gasteiger partial charge in [0, 0.05) is 30.1 Å². The lowest BCUT2D eigenvalue weighted by Gasteiger charge is -2.31. The molecule has 1 unspecified atom stereocenters. The maximum atomic E-state index is 12.3. The average molecular weight is 282 g/mol. The van der Waals surface area contributed by atoms with Crippen LogP contribution in [0.25, 0.3) is 0 Å². The van der Waals surface area contributed by atoms with Crippen molar-refractivity contribution in [3.63, 3.8) is 0 Å². The van der Waals surface area contributed by atoms with Crippen LogP contribution in [0.5, 0.6) is 0 Å². The molecule has 2 atom stereocenters. The van der Waals surface area contributed by atoms with E-state index in [1.54, 1.807) is 12.4 Å². The monoisotopic (exact) mass is 282 g/mol. The van der Waals surface area contributed by atoms with Gasteiger partial charge >= 0.3 is 0 Å². The summed E-state index contributed by atoms with van der Waals surface area (Å²) < 4.78 is 0. The Labute approximate surface area is 124 Å². The number of hydrogen-bond acceptors (Lipinski definition) is 2. The van der Waals surface area contributed by atoms with Gasteiger partial charge in [-0.15, -0.1) is 0 Å². The van der Waals surface area contributed by atoms with Crippen molar-refractivity contribution in [2.75, 3.05) is 18.9 Å². The van der Waals surface area contributed by atoms with Crippen molar-refractivity contribution in [3.05, 3.63) is 59.9 Å². The Hall–Kier alpha value is -2.20. The number of hydrogen-bond donors (Lipinski definition) is 2. The molecule has 0 spiro atoms. The van der Waals surface area contributed by atoms with Crippen LogP contribution in [-0.4, -0.2) is 24.5 Å². The van der Waals surface area contributed by atoms with Crippen LogP contribution in [-0.2, 0) is 11.2 Å². The van der Waals surface area contributed by atoms with Gasteiger partial charge in [-0.05, 0) is 17.7 Å². The number of quaternary nitrogens is 1. The van der Waals surface area contributed by atoms with Crippen LogP contribution < -0.4 is 10.2 Å². The highest BCUT2D eigenvalue weighted by Crippen LogP contribution is 2.22. The molecule has 2 aromatic rings. The molecule has 0 saturated carbocycles. The normalized spacial score (nSPS) is 20.6. The van der Waals surface area contributed by atoms with Crippen LogP contribution in [0, 0.1) is 0 Å². The summed E-state index contributed by atoms with van der Waals surface area (Å²) in [4.78, 5) is 17.6. The SMILES string of the molecule is C[NH+]1CCc2ccccc2[C@@H]1CC(=O)Nc1ccncc1. The van der Waals surface area contributed by atoms with Gasteiger partial charge in [-0.3, -0.25) is 9.78 Å². The zero-order valence-electron chi connectivity index (χ0n) is 12.2. The van der Waals surface area contributed by atoms with Gasteiger partial charge in [0.1, 0.15) is 6.04 Å². The van der Waals surface area contributed by atoms with E-state index in [9.17, 15) is 4.79 Å². The maximum Gasteiger partial charge on any atom is 0.230 e. The van der Waals surface area contributed by atoms with Crippen LogP contribution in [0.1, 0.15) is 23.6 Å². The molecule has 2 heterocycles. The molecule has 0 radical (unpaired) electrons. The highest BCUT2D eigenvalue weighted by molar-refractivity contribution is 5.91. The summed E-state index contributed by atoms with van der Waals surface area (Å²) in [6.07, 6.45) is 4.96. The molecule has 21 heavy (non-hydrogen) atoms. The molecule has 0 aliphatic carbocycles. The number of amides is 1. The minimum atomic E-state index is 0.0576. The van der Waals surface area contributed by atoms with Crippen molar-refractivity contribution in [1.29, 1.82) is 0 Å². The number of likely N-dealkylation sites (N-methyl/N-ethyl adjacent to an activating group) is 1. The fourth-order valence-corrected chi connectivity index (χ4v) is 2.99. The quantitative estimate of drug-likeness (QED) is 0.889. The highest BCUT2D eigenvalue weighted by Gasteiger charge is 2.29. The van der Waals surface area contributed by atoms with E-state index in [1.165, 1.54) is 16.0 Å². The maximum absolute atomic E-state index is 12.3. The molecule has 108 valence electrons. The van der Waals surface area contributed by atoms with Crippen molar-refractivity contribution in [3.8, 4) is 0 Å². The lowest BCUT2D eigenvalue weighted by molar-refractivity contribution is -0.914. The Morgan fingerprint density at radius 3 is 2.86 bits per heavy atom. The van der Waals surface area contributed by atoms with Crippen LogP contribution in [0.4, 0.5) is 5.69 Å². The van der Waals surface area contributed by atoms with E-state index in [2.05, 4.69) is 41.6 Å².